The topological polar surface area (TPSA) is 48.5 Å². The van der Waals surface area contributed by atoms with Gasteiger partial charge in [0.15, 0.2) is 5.13 Å². The number of hydrogen-bond acceptors (Lipinski definition) is 5. The molecule has 0 radical (unpaired) electrons. The Morgan fingerprint density at radius 3 is 2.43 bits per heavy atom. The van der Waals surface area contributed by atoms with Crippen LogP contribution in [0.3, 0.4) is 0 Å². The monoisotopic (exact) mass is 402 g/mol. The molecule has 2 aromatic rings. The number of carbonyl (C=O) groups is 1. The number of amides is 1. The van der Waals surface area contributed by atoms with Crippen molar-refractivity contribution in [3.8, 4) is 11.3 Å². The molecule has 0 atom stereocenters. The first-order valence-corrected chi connectivity index (χ1v) is 10.9. The van der Waals surface area contributed by atoms with Crippen LogP contribution in [0.15, 0.2) is 24.3 Å². The second-order valence-corrected chi connectivity index (χ2v) is 8.65. The maximum Gasteiger partial charge on any atom is 0.223 e. The van der Waals surface area contributed by atoms with Crippen molar-refractivity contribution in [3.05, 3.63) is 30.1 Å². The van der Waals surface area contributed by atoms with E-state index in [2.05, 4.69) is 20.1 Å². The van der Waals surface area contributed by atoms with Gasteiger partial charge in [0.2, 0.25) is 5.91 Å². The van der Waals surface area contributed by atoms with Crippen LogP contribution in [0.4, 0.5) is 14.5 Å². The summed E-state index contributed by atoms with van der Waals surface area (Å²) in [6, 6.07) is 7.16. The largest absolute Gasteiger partial charge is 0.359 e. The molecule has 1 amide bonds. The lowest BCUT2D eigenvalue weighted by atomic mass is 9.94. The van der Waals surface area contributed by atoms with Crippen LogP contribution in [0.25, 0.3) is 11.3 Å². The van der Waals surface area contributed by atoms with Crippen molar-refractivity contribution in [2.75, 3.05) is 36.4 Å². The van der Waals surface area contributed by atoms with Gasteiger partial charge in [-0.3, -0.25) is 9.69 Å². The van der Waals surface area contributed by atoms with E-state index in [1.807, 2.05) is 0 Å². The zero-order chi connectivity index (χ0) is 19.5. The molecule has 1 saturated heterocycles. The standard InChI is InChI=1S/C21H27FN4OS/c1-15(27)23-21-24-19(16-7-9-17(22)10-8-16)20(28-21)26-13-11-25(12-14-26)18-5-3-2-4-6-18/h7-10,18H,2-6,11-14H2,1H3,(H,23,24,27). The van der Waals surface area contributed by atoms with E-state index < -0.39 is 0 Å². The highest BCUT2D eigenvalue weighted by atomic mass is 32.1. The molecule has 2 aliphatic rings. The van der Waals surface area contributed by atoms with Gasteiger partial charge in [-0.2, -0.15) is 0 Å². The van der Waals surface area contributed by atoms with Crippen molar-refractivity contribution >= 4 is 27.4 Å². The molecule has 1 aromatic carbocycles. The molecule has 2 heterocycles. The van der Waals surface area contributed by atoms with Crippen LogP contribution in [0.1, 0.15) is 39.0 Å². The van der Waals surface area contributed by atoms with Crippen LogP contribution >= 0.6 is 11.3 Å². The molecule has 5 nitrogen and oxygen atoms in total. The molecule has 1 saturated carbocycles. The van der Waals surface area contributed by atoms with E-state index in [4.69, 9.17) is 0 Å². The van der Waals surface area contributed by atoms with Crippen LogP contribution < -0.4 is 10.2 Å². The predicted octanol–water partition coefficient (Wildman–Crippen LogP) is 4.36. The molecular formula is C21H27FN4OS. The second-order valence-electron chi connectivity index (χ2n) is 7.68. The molecule has 0 unspecified atom stereocenters. The number of halogens is 1. The number of hydrogen-bond donors (Lipinski definition) is 1. The molecule has 2 fully saturated rings. The summed E-state index contributed by atoms with van der Waals surface area (Å²) in [4.78, 5) is 21.1. The Balaban J connectivity index is 1.53. The summed E-state index contributed by atoms with van der Waals surface area (Å²) in [7, 11) is 0. The lowest BCUT2D eigenvalue weighted by Gasteiger charge is -2.41. The summed E-state index contributed by atoms with van der Waals surface area (Å²) in [6.45, 7) is 5.50. The number of anilines is 2. The summed E-state index contributed by atoms with van der Waals surface area (Å²) in [5.74, 6) is -0.392. The van der Waals surface area contributed by atoms with Gasteiger partial charge in [0.25, 0.3) is 0 Å². The Morgan fingerprint density at radius 2 is 1.79 bits per heavy atom. The molecular weight excluding hydrogens is 375 g/mol. The first-order chi connectivity index (χ1) is 13.6. The molecule has 1 aliphatic heterocycles. The summed E-state index contributed by atoms with van der Waals surface area (Å²) in [6.07, 6.45) is 6.75. The van der Waals surface area contributed by atoms with E-state index in [9.17, 15) is 9.18 Å². The van der Waals surface area contributed by atoms with E-state index in [1.165, 1.54) is 62.5 Å². The third kappa shape index (κ3) is 4.36. The fraction of sp³-hybridized carbons (Fsp3) is 0.524. The van der Waals surface area contributed by atoms with Crippen molar-refractivity contribution in [3.63, 3.8) is 0 Å². The Morgan fingerprint density at radius 1 is 1.11 bits per heavy atom. The van der Waals surface area contributed by atoms with Crippen molar-refractivity contribution < 1.29 is 9.18 Å². The lowest BCUT2D eigenvalue weighted by molar-refractivity contribution is -0.114. The number of aromatic nitrogens is 1. The molecule has 28 heavy (non-hydrogen) atoms. The first kappa shape index (κ1) is 19.3. The number of nitrogens with one attached hydrogen (secondary N) is 1. The Hall–Kier alpha value is -1.99. The van der Waals surface area contributed by atoms with Crippen molar-refractivity contribution in [2.45, 2.75) is 45.1 Å². The van der Waals surface area contributed by atoms with Gasteiger partial charge in [0.1, 0.15) is 16.5 Å². The minimum Gasteiger partial charge on any atom is -0.359 e. The Labute approximate surface area is 169 Å². The van der Waals surface area contributed by atoms with Gasteiger partial charge in [0, 0.05) is 44.7 Å². The summed E-state index contributed by atoms with van der Waals surface area (Å²) in [5.41, 5.74) is 1.69. The number of carbonyl (C=O) groups excluding carboxylic acids is 1. The molecule has 1 aromatic heterocycles. The SMILES string of the molecule is CC(=O)Nc1nc(-c2ccc(F)cc2)c(N2CCN(C3CCCCC3)CC2)s1. The Kier molecular flexibility index (Phi) is 5.92. The molecule has 7 heteroatoms. The minimum absolute atomic E-state index is 0.131. The van der Waals surface area contributed by atoms with Gasteiger partial charge >= 0.3 is 0 Å². The first-order valence-electron chi connectivity index (χ1n) is 10.1. The average Bonchev–Trinajstić information content (AvgIpc) is 3.12. The van der Waals surface area contributed by atoms with Crippen LogP contribution in [0.2, 0.25) is 0 Å². The summed E-state index contributed by atoms with van der Waals surface area (Å²) < 4.78 is 13.4. The van der Waals surface area contributed by atoms with Gasteiger partial charge in [-0.05, 0) is 37.1 Å². The van der Waals surface area contributed by atoms with E-state index in [0.717, 1.165) is 48.5 Å². The molecule has 4 rings (SSSR count). The molecule has 0 spiro atoms. The summed E-state index contributed by atoms with van der Waals surface area (Å²) >= 11 is 1.50. The number of rotatable bonds is 4. The quantitative estimate of drug-likeness (QED) is 0.825. The smallest absolute Gasteiger partial charge is 0.223 e. The normalized spacial score (nSPS) is 19.0. The number of piperazine rings is 1. The van der Waals surface area contributed by atoms with Gasteiger partial charge in [-0.25, -0.2) is 9.37 Å². The molecule has 1 N–H and O–H groups in total. The van der Waals surface area contributed by atoms with E-state index in [0.29, 0.717) is 5.13 Å². The zero-order valence-corrected chi connectivity index (χ0v) is 17.1. The maximum atomic E-state index is 13.4. The average molecular weight is 403 g/mol. The molecule has 0 bridgehead atoms. The van der Waals surface area contributed by atoms with Gasteiger partial charge in [-0.1, -0.05) is 30.6 Å². The summed E-state index contributed by atoms with van der Waals surface area (Å²) in [5, 5.41) is 4.45. The second kappa shape index (κ2) is 8.57. The highest BCUT2D eigenvalue weighted by Crippen LogP contribution is 2.39. The van der Waals surface area contributed by atoms with Gasteiger partial charge in [0.05, 0.1) is 0 Å². The third-order valence-electron chi connectivity index (χ3n) is 5.70. The van der Waals surface area contributed by atoms with Crippen LogP contribution in [0.5, 0.6) is 0 Å². The third-order valence-corrected chi connectivity index (χ3v) is 6.73. The fourth-order valence-corrected chi connectivity index (χ4v) is 5.35. The van der Waals surface area contributed by atoms with Gasteiger partial charge < -0.3 is 10.2 Å². The van der Waals surface area contributed by atoms with Crippen LogP contribution in [-0.4, -0.2) is 48.0 Å². The van der Waals surface area contributed by atoms with Crippen LogP contribution in [0, 0.1) is 5.82 Å². The highest BCUT2D eigenvalue weighted by Gasteiger charge is 2.28. The van der Waals surface area contributed by atoms with Crippen molar-refractivity contribution in [2.24, 2.45) is 0 Å². The van der Waals surface area contributed by atoms with Crippen molar-refractivity contribution in [1.29, 1.82) is 0 Å². The number of thiazole rings is 1. The predicted molar refractivity (Wildman–Crippen MR) is 112 cm³/mol. The lowest BCUT2D eigenvalue weighted by Crippen LogP contribution is -2.50. The van der Waals surface area contributed by atoms with E-state index in [1.54, 1.807) is 12.1 Å². The highest BCUT2D eigenvalue weighted by molar-refractivity contribution is 7.20. The molecule has 1 aliphatic carbocycles. The van der Waals surface area contributed by atoms with Crippen LogP contribution in [-0.2, 0) is 4.79 Å². The Bertz CT molecular complexity index is 808. The van der Waals surface area contributed by atoms with Crippen molar-refractivity contribution in [1.82, 2.24) is 9.88 Å². The number of nitrogens with zero attached hydrogens (tertiary/aromatic N) is 3. The number of benzene rings is 1. The fourth-order valence-electron chi connectivity index (χ4n) is 4.26. The van der Waals surface area contributed by atoms with E-state index in [-0.39, 0.29) is 11.7 Å². The zero-order valence-electron chi connectivity index (χ0n) is 16.3. The minimum atomic E-state index is -0.260. The molecule has 150 valence electrons. The van der Waals surface area contributed by atoms with Gasteiger partial charge in [-0.15, -0.1) is 0 Å². The van der Waals surface area contributed by atoms with E-state index >= 15 is 0 Å². The maximum absolute atomic E-state index is 13.4.